The highest BCUT2D eigenvalue weighted by atomic mass is 32.2. The van der Waals surface area contributed by atoms with Crippen molar-refractivity contribution in [3.8, 4) is 0 Å². The van der Waals surface area contributed by atoms with E-state index in [-0.39, 0.29) is 6.42 Å². The molecule has 0 aromatic heterocycles. The fourth-order valence-electron chi connectivity index (χ4n) is 3.54. The molecular weight excluding hydrogens is 436 g/mol. The number of allylic oxidation sites excluding steroid dienone is 1. The zero-order valence-electron chi connectivity index (χ0n) is 18.3. The molecule has 0 aliphatic heterocycles. The summed E-state index contributed by atoms with van der Waals surface area (Å²) in [6, 6.07) is 22.1. The lowest BCUT2D eigenvalue weighted by Gasteiger charge is -2.26. The van der Waals surface area contributed by atoms with E-state index >= 15 is 0 Å². The molecule has 7 heteroatoms. The fraction of sp³-hybridized carbons (Fsp3) is 0.154. The highest BCUT2D eigenvalue weighted by molar-refractivity contribution is 7.93. The van der Waals surface area contributed by atoms with E-state index in [0.29, 0.717) is 17.8 Å². The molecule has 0 spiro atoms. The van der Waals surface area contributed by atoms with Crippen molar-refractivity contribution < 1.29 is 18.0 Å². The Labute approximate surface area is 194 Å². The van der Waals surface area contributed by atoms with Crippen molar-refractivity contribution in [1.82, 2.24) is 4.72 Å². The molecule has 0 heterocycles. The van der Waals surface area contributed by atoms with Gasteiger partial charge in [0.05, 0.1) is 11.1 Å². The summed E-state index contributed by atoms with van der Waals surface area (Å²) >= 11 is 0. The van der Waals surface area contributed by atoms with Crippen LogP contribution in [0.25, 0.3) is 16.8 Å². The van der Waals surface area contributed by atoms with E-state index in [1.165, 1.54) is 17.1 Å². The van der Waals surface area contributed by atoms with Gasteiger partial charge in [0.15, 0.2) is 0 Å². The van der Waals surface area contributed by atoms with Crippen LogP contribution >= 0.6 is 0 Å². The molecule has 0 aliphatic carbocycles. The molecule has 1 unspecified atom stereocenters. The second-order valence-corrected chi connectivity index (χ2v) is 8.95. The Morgan fingerprint density at radius 2 is 1.67 bits per heavy atom. The van der Waals surface area contributed by atoms with Crippen molar-refractivity contribution in [2.24, 2.45) is 5.92 Å². The van der Waals surface area contributed by atoms with Gasteiger partial charge in [-0.25, -0.2) is 13.1 Å². The topological polar surface area (TPSA) is 83.5 Å². The second kappa shape index (κ2) is 10.7. The molecule has 3 rings (SSSR count). The molecular formula is C26H26N2O4S. The lowest BCUT2D eigenvalue weighted by atomic mass is 10.0. The minimum Gasteiger partial charge on any atom is -0.311 e. The van der Waals surface area contributed by atoms with Gasteiger partial charge >= 0.3 is 0 Å². The summed E-state index contributed by atoms with van der Waals surface area (Å²) in [5.41, 5.74) is 1.33. The van der Waals surface area contributed by atoms with Gasteiger partial charge in [0.1, 0.15) is 5.92 Å². The highest BCUT2D eigenvalue weighted by Crippen LogP contribution is 2.28. The van der Waals surface area contributed by atoms with E-state index in [0.717, 1.165) is 16.2 Å². The Bertz CT molecular complexity index is 1280. The fourth-order valence-corrected chi connectivity index (χ4v) is 4.37. The first-order valence-corrected chi connectivity index (χ1v) is 12.1. The number of hydrogen-bond acceptors (Lipinski definition) is 4. The summed E-state index contributed by atoms with van der Waals surface area (Å²) < 4.78 is 26.9. The smallest absolute Gasteiger partial charge is 0.257 e. The maximum Gasteiger partial charge on any atom is 0.257 e. The van der Waals surface area contributed by atoms with Crippen LogP contribution in [0, 0.1) is 5.92 Å². The predicted molar refractivity (Wildman–Crippen MR) is 133 cm³/mol. The molecule has 0 saturated heterocycles. The molecule has 0 bridgehead atoms. The van der Waals surface area contributed by atoms with Gasteiger partial charge in [-0.15, -0.1) is 6.58 Å². The summed E-state index contributed by atoms with van der Waals surface area (Å²) in [7, 11) is -4.09. The van der Waals surface area contributed by atoms with Gasteiger partial charge in [0, 0.05) is 11.9 Å². The van der Waals surface area contributed by atoms with E-state index < -0.39 is 27.8 Å². The van der Waals surface area contributed by atoms with Crippen LogP contribution < -0.4 is 9.62 Å². The van der Waals surface area contributed by atoms with Crippen LogP contribution in [0.1, 0.15) is 18.9 Å². The lowest BCUT2D eigenvalue weighted by molar-refractivity contribution is -0.132. The molecule has 1 atom stereocenters. The van der Waals surface area contributed by atoms with Crippen molar-refractivity contribution in [2.45, 2.75) is 13.3 Å². The SMILES string of the molecule is C=CCC(C(=O)NS(=O)(=O)/C=C/c1ccccc1)C(=O)N(CC)c1cccc2ccccc12. The molecule has 1 N–H and O–H groups in total. The Morgan fingerprint density at radius 3 is 2.36 bits per heavy atom. The summed E-state index contributed by atoms with van der Waals surface area (Å²) in [6.07, 6.45) is 2.82. The number of carbonyl (C=O) groups excluding carboxylic acids is 2. The average molecular weight is 463 g/mol. The number of hydrogen-bond donors (Lipinski definition) is 1. The molecule has 0 aliphatic rings. The minimum absolute atomic E-state index is 0.00382. The highest BCUT2D eigenvalue weighted by Gasteiger charge is 2.32. The van der Waals surface area contributed by atoms with Gasteiger partial charge in [-0.1, -0.05) is 72.8 Å². The first-order valence-electron chi connectivity index (χ1n) is 10.6. The van der Waals surface area contributed by atoms with Gasteiger partial charge in [-0.2, -0.15) is 0 Å². The number of carbonyl (C=O) groups is 2. The number of fused-ring (bicyclic) bond motifs is 1. The zero-order valence-corrected chi connectivity index (χ0v) is 19.2. The first-order chi connectivity index (χ1) is 15.9. The number of nitrogens with zero attached hydrogens (tertiary/aromatic N) is 1. The van der Waals surface area contributed by atoms with Crippen LogP contribution in [-0.2, 0) is 19.6 Å². The van der Waals surface area contributed by atoms with Gasteiger partial charge in [0.2, 0.25) is 11.8 Å². The third-order valence-electron chi connectivity index (χ3n) is 5.14. The van der Waals surface area contributed by atoms with E-state index in [1.54, 1.807) is 24.3 Å². The van der Waals surface area contributed by atoms with Gasteiger partial charge in [-0.05, 0) is 36.4 Å². The quantitative estimate of drug-likeness (QED) is 0.375. The summed E-state index contributed by atoms with van der Waals surface area (Å²) in [5, 5.41) is 2.74. The largest absolute Gasteiger partial charge is 0.311 e. The zero-order chi connectivity index (χ0) is 23.8. The second-order valence-electron chi connectivity index (χ2n) is 7.38. The van der Waals surface area contributed by atoms with E-state index in [4.69, 9.17) is 0 Å². The van der Waals surface area contributed by atoms with Crippen LogP contribution in [0.4, 0.5) is 5.69 Å². The van der Waals surface area contributed by atoms with Crippen molar-refractivity contribution in [3.05, 3.63) is 96.4 Å². The van der Waals surface area contributed by atoms with Crippen molar-refractivity contribution in [2.75, 3.05) is 11.4 Å². The normalized spacial score (nSPS) is 12.4. The lowest BCUT2D eigenvalue weighted by Crippen LogP contribution is -2.45. The molecule has 0 saturated carbocycles. The molecule has 170 valence electrons. The van der Waals surface area contributed by atoms with Gasteiger partial charge < -0.3 is 4.90 Å². The van der Waals surface area contributed by atoms with Crippen LogP contribution in [0.5, 0.6) is 0 Å². The third kappa shape index (κ3) is 5.96. The molecule has 6 nitrogen and oxygen atoms in total. The average Bonchev–Trinajstić information content (AvgIpc) is 2.82. The van der Waals surface area contributed by atoms with Crippen molar-refractivity contribution in [1.29, 1.82) is 0 Å². The predicted octanol–water partition coefficient (Wildman–Crippen LogP) is 4.50. The molecule has 0 radical (unpaired) electrons. The number of rotatable bonds is 9. The number of nitrogens with one attached hydrogen (secondary N) is 1. The van der Waals surface area contributed by atoms with Crippen LogP contribution in [0.3, 0.4) is 0 Å². The minimum atomic E-state index is -4.09. The van der Waals surface area contributed by atoms with Gasteiger partial charge in [-0.3, -0.25) is 9.59 Å². The van der Waals surface area contributed by atoms with Crippen molar-refractivity contribution >= 4 is 44.4 Å². The van der Waals surface area contributed by atoms with E-state index in [1.807, 2.05) is 60.2 Å². The Morgan fingerprint density at radius 1 is 1.00 bits per heavy atom. The van der Waals surface area contributed by atoms with Crippen LogP contribution in [0.15, 0.2) is 90.9 Å². The van der Waals surface area contributed by atoms with Crippen molar-refractivity contribution in [3.63, 3.8) is 0 Å². The summed E-state index contributed by atoms with van der Waals surface area (Å²) in [6.45, 7) is 5.75. The standard InChI is InChI=1S/C26H26N2O4S/c1-3-11-23(25(29)27-33(31,32)19-18-20-12-6-5-7-13-20)26(30)28(4-2)24-17-10-15-21-14-8-9-16-22(21)24/h3,5-10,12-19,23H,1,4,11H2,2H3,(H,27,29)/b19-18+. The maximum absolute atomic E-state index is 13.4. The molecule has 3 aromatic rings. The van der Waals surface area contributed by atoms with E-state index in [9.17, 15) is 18.0 Å². The number of sulfonamides is 1. The maximum atomic E-state index is 13.4. The first kappa shape index (κ1) is 23.9. The number of anilines is 1. The van der Waals surface area contributed by atoms with E-state index in [2.05, 4.69) is 6.58 Å². The Balaban J connectivity index is 1.85. The monoisotopic (exact) mass is 462 g/mol. The van der Waals surface area contributed by atoms with Crippen LogP contribution in [0.2, 0.25) is 0 Å². The summed E-state index contributed by atoms with van der Waals surface area (Å²) in [5.74, 6) is -2.62. The third-order valence-corrected chi connectivity index (χ3v) is 6.12. The number of amides is 2. The number of benzene rings is 3. The summed E-state index contributed by atoms with van der Waals surface area (Å²) in [4.78, 5) is 27.8. The Kier molecular flexibility index (Phi) is 7.79. The molecule has 33 heavy (non-hydrogen) atoms. The van der Waals surface area contributed by atoms with Gasteiger partial charge in [0.25, 0.3) is 10.0 Å². The molecule has 0 fully saturated rings. The molecule has 2 amide bonds. The van der Waals surface area contributed by atoms with Crippen LogP contribution in [-0.4, -0.2) is 26.8 Å². The molecule has 3 aromatic carbocycles. The Hall–Kier alpha value is -3.71.